The Morgan fingerprint density at radius 3 is 1.91 bits per heavy atom. The summed E-state index contributed by atoms with van der Waals surface area (Å²) in [5.74, 6) is -9.12. The first-order valence-electron chi connectivity index (χ1n) is 9.03. The van der Waals surface area contributed by atoms with Gasteiger partial charge in [0.2, 0.25) is 0 Å². The van der Waals surface area contributed by atoms with E-state index in [-0.39, 0.29) is 11.3 Å². The quantitative estimate of drug-likeness (QED) is 0.393. The molecule has 3 rings (SSSR count). The number of rotatable bonds is 4. The third kappa shape index (κ3) is 4.35. The number of hydrogen-bond acceptors (Lipinski definition) is 4. The van der Waals surface area contributed by atoms with Crippen LogP contribution in [0.4, 0.5) is 45.2 Å². The fraction of sp³-hybridized carbons (Fsp3) is 0.300. The number of pyridine rings is 1. The van der Waals surface area contributed by atoms with E-state index in [4.69, 9.17) is 4.52 Å². The Morgan fingerprint density at radius 2 is 1.48 bits per heavy atom. The molecule has 0 bridgehead atoms. The molecule has 178 valence electrons. The summed E-state index contributed by atoms with van der Waals surface area (Å²) in [6.45, 7) is 1.35. The minimum absolute atomic E-state index is 0.0940. The molecule has 33 heavy (non-hydrogen) atoms. The highest BCUT2D eigenvalue weighted by Gasteiger charge is 2.63. The predicted molar refractivity (Wildman–Crippen MR) is 99.1 cm³/mol. The van der Waals surface area contributed by atoms with E-state index in [1.807, 2.05) is 0 Å². The van der Waals surface area contributed by atoms with Crippen LogP contribution in [-0.4, -0.2) is 30.4 Å². The van der Waals surface area contributed by atoms with Crippen molar-refractivity contribution in [2.75, 3.05) is 19.0 Å². The first-order chi connectivity index (χ1) is 15.1. The summed E-state index contributed by atoms with van der Waals surface area (Å²) in [7, 11) is 3.30. The lowest BCUT2D eigenvalue weighted by atomic mass is 9.96. The molecule has 13 heteroatoms. The van der Waals surface area contributed by atoms with E-state index in [2.05, 4.69) is 10.1 Å². The number of alkyl halides is 8. The molecule has 0 N–H and O–H groups in total. The highest BCUT2D eigenvalue weighted by molar-refractivity contribution is 5.80. The van der Waals surface area contributed by atoms with Crippen molar-refractivity contribution in [3.63, 3.8) is 0 Å². The van der Waals surface area contributed by atoms with Crippen LogP contribution in [0.5, 0.6) is 0 Å². The molecule has 0 atom stereocenters. The highest BCUT2D eigenvalue weighted by atomic mass is 19.4. The molecule has 4 nitrogen and oxygen atoms in total. The molecule has 3 aromatic rings. The van der Waals surface area contributed by atoms with Gasteiger partial charge < -0.3 is 9.42 Å². The molecular weight excluding hydrogens is 469 g/mol. The average Bonchev–Trinajstić information content (AvgIpc) is 3.11. The van der Waals surface area contributed by atoms with Gasteiger partial charge in [0.1, 0.15) is 11.3 Å². The van der Waals surface area contributed by atoms with Crippen molar-refractivity contribution in [3.8, 4) is 22.6 Å². The Kier molecular flexibility index (Phi) is 5.88. The summed E-state index contributed by atoms with van der Waals surface area (Å²) in [4.78, 5) is 4.66. The van der Waals surface area contributed by atoms with Crippen molar-refractivity contribution in [2.45, 2.75) is 25.2 Å². The molecule has 0 aliphatic heterocycles. The summed E-state index contributed by atoms with van der Waals surface area (Å²) < 4.78 is 128. The van der Waals surface area contributed by atoms with Crippen LogP contribution in [0.1, 0.15) is 17.0 Å². The van der Waals surface area contributed by atoms with E-state index in [0.717, 1.165) is 6.07 Å². The molecule has 0 radical (unpaired) electrons. The van der Waals surface area contributed by atoms with Gasteiger partial charge in [-0.2, -0.15) is 35.1 Å². The van der Waals surface area contributed by atoms with Crippen molar-refractivity contribution < 1.29 is 44.0 Å². The van der Waals surface area contributed by atoms with Gasteiger partial charge in [-0.15, -0.1) is 0 Å². The molecule has 1 aromatic carbocycles. The molecule has 0 saturated carbocycles. The van der Waals surface area contributed by atoms with E-state index >= 15 is 4.39 Å². The molecule has 2 heterocycles. The molecular formula is C20H14F9N3O. The number of aromatic nitrogens is 2. The maximum Gasteiger partial charge on any atom is 0.459 e. The summed E-state index contributed by atoms with van der Waals surface area (Å²) in [6.07, 6.45) is -12.4. The molecule has 0 aliphatic carbocycles. The Hall–Kier alpha value is -3.25. The fourth-order valence-corrected chi connectivity index (χ4v) is 3.01. The Labute approximate surface area is 180 Å². The Morgan fingerprint density at radius 1 is 0.909 bits per heavy atom. The van der Waals surface area contributed by atoms with Crippen LogP contribution in [0, 0.1) is 12.7 Å². The number of hydrogen-bond donors (Lipinski definition) is 0. The molecule has 0 amide bonds. The molecule has 2 aromatic heterocycles. The molecule has 0 spiro atoms. The van der Waals surface area contributed by atoms with Gasteiger partial charge in [0.05, 0.1) is 17.0 Å². The lowest BCUT2D eigenvalue weighted by Crippen LogP contribution is -2.37. The first-order valence-corrected chi connectivity index (χ1v) is 9.03. The van der Waals surface area contributed by atoms with Crippen molar-refractivity contribution in [2.24, 2.45) is 0 Å². The number of benzene rings is 1. The normalized spacial score (nSPS) is 12.8. The SMILES string of the molecule is Cc1cc(-c2c(-c3ccc(N(C)C)cc3)nc(C(F)(F)C(F)(F)F)c(C(F)(F)F)c2F)on1. The topological polar surface area (TPSA) is 42.2 Å². The van der Waals surface area contributed by atoms with Gasteiger partial charge in [0.15, 0.2) is 11.6 Å². The Bertz CT molecular complexity index is 1160. The second kappa shape index (κ2) is 7.96. The molecule has 0 saturated heterocycles. The van der Waals surface area contributed by atoms with Gasteiger partial charge in [0.25, 0.3) is 0 Å². The summed E-state index contributed by atoms with van der Waals surface area (Å²) in [5, 5.41) is 3.42. The van der Waals surface area contributed by atoms with Crippen LogP contribution < -0.4 is 4.90 Å². The third-order valence-corrected chi connectivity index (χ3v) is 4.60. The van der Waals surface area contributed by atoms with Crippen molar-refractivity contribution in [1.29, 1.82) is 0 Å². The zero-order valence-corrected chi connectivity index (χ0v) is 17.0. The number of halogens is 9. The van der Waals surface area contributed by atoms with E-state index in [1.165, 1.54) is 31.2 Å². The van der Waals surface area contributed by atoms with Gasteiger partial charge >= 0.3 is 18.3 Å². The monoisotopic (exact) mass is 483 g/mol. The lowest BCUT2D eigenvalue weighted by molar-refractivity contribution is -0.292. The second-order valence-corrected chi connectivity index (χ2v) is 7.22. The maximum atomic E-state index is 15.2. The number of aryl methyl sites for hydroxylation is 1. The van der Waals surface area contributed by atoms with E-state index in [1.54, 1.807) is 19.0 Å². The molecule has 0 aliphatic rings. The van der Waals surface area contributed by atoms with Crippen LogP contribution in [0.25, 0.3) is 22.6 Å². The largest absolute Gasteiger partial charge is 0.459 e. The van der Waals surface area contributed by atoms with Gasteiger partial charge in [-0.1, -0.05) is 17.3 Å². The highest BCUT2D eigenvalue weighted by Crippen LogP contribution is 2.50. The smallest absolute Gasteiger partial charge is 0.378 e. The van der Waals surface area contributed by atoms with Gasteiger partial charge in [-0.05, 0) is 19.1 Å². The van der Waals surface area contributed by atoms with Gasteiger partial charge in [0, 0.05) is 31.4 Å². The van der Waals surface area contributed by atoms with E-state index < -0.39 is 52.4 Å². The standard InChI is InChI=1S/C20H14F9N3O/c1-9-8-12(33-31-9)13-15(21)14(19(24,25)26)17(18(22,23)20(27,28)29)30-16(13)10-4-6-11(7-5-10)32(2)3/h4-8H,1-3H3. The lowest BCUT2D eigenvalue weighted by Gasteiger charge is -2.25. The van der Waals surface area contributed by atoms with Gasteiger partial charge in [-0.3, -0.25) is 0 Å². The minimum Gasteiger partial charge on any atom is -0.378 e. The minimum atomic E-state index is -6.47. The average molecular weight is 483 g/mol. The van der Waals surface area contributed by atoms with E-state index in [9.17, 15) is 35.1 Å². The van der Waals surface area contributed by atoms with Crippen LogP contribution in [0.15, 0.2) is 34.9 Å². The number of nitrogens with zero attached hydrogens (tertiary/aromatic N) is 3. The fourth-order valence-electron chi connectivity index (χ4n) is 3.01. The van der Waals surface area contributed by atoms with Crippen molar-refractivity contribution in [1.82, 2.24) is 10.1 Å². The number of anilines is 1. The molecule has 0 unspecified atom stereocenters. The van der Waals surface area contributed by atoms with Crippen molar-refractivity contribution in [3.05, 3.63) is 53.1 Å². The van der Waals surface area contributed by atoms with Crippen LogP contribution in [0.3, 0.4) is 0 Å². The van der Waals surface area contributed by atoms with Gasteiger partial charge in [-0.25, -0.2) is 9.37 Å². The van der Waals surface area contributed by atoms with Crippen LogP contribution in [0.2, 0.25) is 0 Å². The maximum absolute atomic E-state index is 15.2. The first kappa shape index (κ1) is 24.4. The predicted octanol–water partition coefficient (Wildman–Crippen LogP) is 6.59. The third-order valence-electron chi connectivity index (χ3n) is 4.60. The Balaban J connectivity index is 2.47. The summed E-state index contributed by atoms with van der Waals surface area (Å²) in [5.41, 5.74) is -7.17. The second-order valence-electron chi connectivity index (χ2n) is 7.22. The summed E-state index contributed by atoms with van der Waals surface area (Å²) in [6, 6.07) is 6.16. The van der Waals surface area contributed by atoms with Crippen LogP contribution >= 0.6 is 0 Å². The zero-order valence-electron chi connectivity index (χ0n) is 17.0. The van der Waals surface area contributed by atoms with Crippen LogP contribution in [-0.2, 0) is 12.1 Å². The zero-order chi connectivity index (χ0) is 24.9. The summed E-state index contributed by atoms with van der Waals surface area (Å²) >= 11 is 0. The van der Waals surface area contributed by atoms with Crippen molar-refractivity contribution >= 4 is 5.69 Å². The van der Waals surface area contributed by atoms with E-state index in [0.29, 0.717) is 5.69 Å². The molecule has 0 fully saturated rings.